The first-order valence-corrected chi connectivity index (χ1v) is 8.40. The number of anilines is 1. The Morgan fingerprint density at radius 3 is 2.42 bits per heavy atom. The van der Waals surface area contributed by atoms with Crippen LogP contribution >= 0.6 is 11.8 Å². The predicted octanol–water partition coefficient (Wildman–Crippen LogP) is 3.14. The average molecular weight is 340 g/mol. The molecule has 1 N–H and O–H groups in total. The second kappa shape index (κ2) is 9.38. The summed E-state index contributed by atoms with van der Waals surface area (Å²) in [4.78, 5) is 23.8. The number of hydrogen-bond acceptors (Lipinski definition) is 5. The van der Waals surface area contributed by atoms with Gasteiger partial charge in [0.25, 0.3) is 0 Å². The summed E-state index contributed by atoms with van der Waals surface area (Å²) in [6.07, 6.45) is 0. The van der Waals surface area contributed by atoms with E-state index in [1.165, 1.54) is 11.8 Å². The molecule has 24 heavy (non-hydrogen) atoms. The highest BCUT2D eigenvalue weighted by atomic mass is 32.2. The van der Waals surface area contributed by atoms with Gasteiger partial charge in [-0.25, -0.2) is 0 Å². The number of amides is 1. The van der Waals surface area contributed by atoms with E-state index < -0.39 is 0 Å². The Labute approximate surface area is 144 Å². The maximum Gasteiger partial charge on any atom is 0.234 e. The van der Waals surface area contributed by atoms with Crippen LogP contribution < -0.4 is 10.1 Å². The minimum Gasteiger partial charge on any atom is -0.479 e. The summed E-state index contributed by atoms with van der Waals surface area (Å²) in [7, 11) is 0. The number of carbonyl (C=O) groups excluding carboxylic acids is 2. The van der Waals surface area contributed by atoms with Crippen molar-refractivity contribution in [2.75, 3.05) is 23.4 Å². The van der Waals surface area contributed by atoms with Crippen LogP contribution in [-0.2, 0) is 4.79 Å². The van der Waals surface area contributed by atoms with Crippen LogP contribution in [0.2, 0.25) is 0 Å². The molecular formula is C18H16N2O3S. The molecule has 0 saturated heterocycles. The van der Waals surface area contributed by atoms with Gasteiger partial charge in [-0.2, -0.15) is 5.26 Å². The molecule has 0 atom stereocenters. The van der Waals surface area contributed by atoms with Crippen molar-refractivity contribution in [2.45, 2.75) is 0 Å². The third kappa shape index (κ3) is 5.78. The van der Waals surface area contributed by atoms with E-state index in [-0.39, 0.29) is 29.8 Å². The van der Waals surface area contributed by atoms with Crippen molar-refractivity contribution < 1.29 is 14.3 Å². The van der Waals surface area contributed by atoms with E-state index in [0.29, 0.717) is 17.0 Å². The molecule has 2 rings (SSSR count). The highest BCUT2D eigenvalue weighted by molar-refractivity contribution is 8.00. The molecule has 2 aromatic carbocycles. The second-order valence-electron chi connectivity index (χ2n) is 4.80. The van der Waals surface area contributed by atoms with Gasteiger partial charge >= 0.3 is 0 Å². The molecule has 0 fully saturated rings. The van der Waals surface area contributed by atoms with E-state index in [0.717, 1.165) is 0 Å². The van der Waals surface area contributed by atoms with Crippen LogP contribution in [0.15, 0.2) is 54.6 Å². The van der Waals surface area contributed by atoms with Crippen molar-refractivity contribution >= 4 is 29.1 Å². The Balaban J connectivity index is 1.73. The number of carbonyl (C=O) groups is 2. The predicted molar refractivity (Wildman–Crippen MR) is 94.3 cm³/mol. The summed E-state index contributed by atoms with van der Waals surface area (Å²) in [5, 5.41) is 11.2. The standard InChI is InChI=1S/C18H16N2O3S/c19-10-11-23-16-8-6-15(7-9-16)20-18(22)13-24-12-17(21)14-4-2-1-3-5-14/h1-9H,11-13H2,(H,20,22). The molecule has 2 aromatic rings. The Bertz CT molecular complexity index is 724. The van der Waals surface area contributed by atoms with Gasteiger partial charge in [0, 0.05) is 11.3 Å². The SMILES string of the molecule is N#CCOc1ccc(NC(=O)CSCC(=O)c2ccccc2)cc1. The van der Waals surface area contributed by atoms with Crippen LogP contribution in [0.3, 0.4) is 0 Å². The number of hydrogen-bond donors (Lipinski definition) is 1. The number of rotatable bonds is 8. The van der Waals surface area contributed by atoms with Gasteiger partial charge in [0.1, 0.15) is 11.8 Å². The number of ether oxygens (including phenoxy) is 1. The molecule has 0 aliphatic rings. The molecule has 0 saturated carbocycles. The van der Waals surface area contributed by atoms with E-state index >= 15 is 0 Å². The largest absolute Gasteiger partial charge is 0.479 e. The van der Waals surface area contributed by atoms with Crippen LogP contribution in [0.4, 0.5) is 5.69 Å². The van der Waals surface area contributed by atoms with Gasteiger partial charge in [0.15, 0.2) is 12.4 Å². The molecule has 0 aliphatic heterocycles. The zero-order valence-corrected chi connectivity index (χ0v) is 13.7. The number of nitrogens with zero attached hydrogens (tertiary/aromatic N) is 1. The van der Waals surface area contributed by atoms with Crippen molar-refractivity contribution in [3.8, 4) is 11.8 Å². The fourth-order valence-electron chi connectivity index (χ4n) is 1.89. The summed E-state index contributed by atoms with van der Waals surface area (Å²) in [5.41, 5.74) is 1.29. The first-order valence-electron chi connectivity index (χ1n) is 7.24. The zero-order valence-electron chi connectivity index (χ0n) is 12.9. The quantitative estimate of drug-likeness (QED) is 0.747. The van der Waals surface area contributed by atoms with Crippen LogP contribution in [0.1, 0.15) is 10.4 Å². The highest BCUT2D eigenvalue weighted by Crippen LogP contribution is 2.16. The zero-order chi connectivity index (χ0) is 17.2. The molecule has 0 aliphatic carbocycles. The molecule has 6 heteroatoms. The van der Waals surface area contributed by atoms with Crippen LogP contribution in [0.25, 0.3) is 0 Å². The van der Waals surface area contributed by atoms with E-state index in [4.69, 9.17) is 10.00 Å². The lowest BCUT2D eigenvalue weighted by Gasteiger charge is -2.06. The van der Waals surface area contributed by atoms with Gasteiger partial charge in [0.05, 0.1) is 11.5 Å². The lowest BCUT2D eigenvalue weighted by molar-refractivity contribution is -0.113. The normalized spacial score (nSPS) is 9.79. The molecule has 0 bridgehead atoms. The fraction of sp³-hybridized carbons (Fsp3) is 0.167. The molecule has 5 nitrogen and oxygen atoms in total. The Morgan fingerprint density at radius 2 is 1.75 bits per heavy atom. The maximum absolute atomic E-state index is 11.9. The van der Waals surface area contributed by atoms with Gasteiger partial charge < -0.3 is 10.1 Å². The minimum absolute atomic E-state index is 0.00685. The Hall–Kier alpha value is -2.78. The molecule has 0 unspecified atom stereocenters. The molecule has 0 spiro atoms. The van der Waals surface area contributed by atoms with Crippen LogP contribution in [0.5, 0.6) is 5.75 Å². The summed E-state index contributed by atoms with van der Waals surface area (Å²) in [6, 6.07) is 17.7. The lowest BCUT2D eigenvalue weighted by atomic mass is 10.2. The molecular weight excluding hydrogens is 324 g/mol. The van der Waals surface area contributed by atoms with Gasteiger partial charge in [-0.3, -0.25) is 9.59 Å². The van der Waals surface area contributed by atoms with E-state index in [1.54, 1.807) is 36.4 Å². The summed E-state index contributed by atoms with van der Waals surface area (Å²) in [6.45, 7) is -0.0161. The highest BCUT2D eigenvalue weighted by Gasteiger charge is 2.08. The van der Waals surface area contributed by atoms with Crippen molar-refractivity contribution in [1.29, 1.82) is 5.26 Å². The lowest BCUT2D eigenvalue weighted by Crippen LogP contribution is -2.15. The number of thioether (sulfide) groups is 1. The van der Waals surface area contributed by atoms with Gasteiger partial charge in [0.2, 0.25) is 5.91 Å². The number of nitrogens with one attached hydrogen (secondary N) is 1. The Morgan fingerprint density at radius 1 is 1.04 bits per heavy atom. The van der Waals surface area contributed by atoms with Crippen LogP contribution in [-0.4, -0.2) is 29.8 Å². The van der Waals surface area contributed by atoms with Crippen molar-refractivity contribution in [2.24, 2.45) is 0 Å². The summed E-state index contributed by atoms with van der Waals surface area (Å²) < 4.78 is 5.13. The van der Waals surface area contributed by atoms with Crippen molar-refractivity contribution in [3.05, 3.63) is 60.2 Å². The van der Waals surface area contributed by atoms with E-state index in [2.05, 4.69) is 5.32 Å². The van der Waals surface area contributed by atoms with Crippen LogP contribution in [0, 0.1) is 11.3 Å². The third-order valence-corrected chi connectivity index (χ3v) is 3.94. The number of benzene rings is 2. The van der Waals surface area contributed by atoms with E-state index in [1.807, 2.05) is 24.3 Å². The summed E-state index contributed by atoms with van der Waals surface area (Å²) in [5.74, 6) is 0.861. The van der Waals surface area contributed by atoms with Gasteiger partial charge in [-0.1, -0.05) is 30.3 Å². The van der Waals surface area contributed by atoms with Gasteiger partial charge in [-0.15, -0.1) is 11.8 Å². The fourth-order valence-corrected chi connectivity index (χ4v) is 2.60. The number of Topliss-reactive ketones (excluding diaryl/α,β-unsaturated/α-hetero) is 1. The number of nitriles is 1. The average Bonchev–Trinajstić information content (AvgIpc) is 2.62. The molecule has 122 valence electrons. The smallest absolute Gasteiger partial charge is 0.234 e. The Kier molecular flexibility index (Phi) is 6.87. The minimum atomic E-state index is -0.174. The molecule has 0 heterocycles. The molecule has 0 radical (unpaired) electrons. The maximum atomic E-state index is 11.9. The monoisotopic (exact) mass is 340 g/mol. The first kappa shape index (κ1) is 17.6. The van der Waals surface area contributed by atoms with E-state index in [9.17, 15) is 9.59 Å². The molecule has 0 aromatic heterocycles. The topological polar surface area (TPSA) is 79.2 Å². The van der Waals surface area contributed by atoms with Gasteiger partial charge in [-0.05, 0) is 24.3 Å². The van der Waals surface area contributed by atoms with Crippen molar-refractivity contribution in [3.63, 3.8) is 0 Å². The second-order valence-corrected chi connectivity index (χ2v) is 5.79. The number of ketones is 1. The first-order chi connectivity index (χ1) is 11.7. The molecule has 1 amide bonds. The summed E-state index contributed by atoms with van der Waals surface area (Å²) >= 11 is 1.28. The van der Waals surface area contributed by atoms with Crippen molar-refractivity contribution in [1.82, 2.24) is 0 Å². The third-order valence-electron chi connectivity index (χ3n) is 3.00.